The van der Waals surface area contributed by atoms with Crippen LogP contribution in [0.3, 0.4) is 0 Å². The number of rotatable bonds is 4. The Morgan fingerprint density at radius 1 is 1.11 bits per heavy atom. The number of quaternary nitrogens is 1. The molecule has 0 radical (unpaired) electrons. The van der Waals surface area contributed by atoms with Crippen LogP contribution in [-0.2, 0) is 6.54 Å². The van der Waals surface area contributed by atoms with Gasteiger partial charge in [-0.2, -0.15) is 0 Å². The lowest BCUT2D eigenvalue weighted by Crippen LogP contribution is -3.08. The predicted octanol–water partition coefficient (Wildman–Crippen LogP) is 2.03. The van der Waals surface area contributed by atoms with Crippen molar-refractivity contribution in [2.24, 2.45) is 0 Å². The van der Waals surface area contributed by atoms with Gasteiger partial charge in [0.1, 0.15) is 23.6 Å². The molecule has 1 aromatic heterocycles. The predicted molar refractivity (Wildman–Crippen MR) is 102 cm³/mol. The molecular weight excluding hydrogens is 342 g/mol. The van der Waals surface area contributed by atoms with Gasteiger partial charge in [0.25, 0.3) is 0 Å². The number of ether oxygens (including phenoxy) is 1. The molecule has 1 saturated heterocycles. The average Bonchev–Trinajstić information content (AvgIpc) is 3.18. The second kappa shape index (κ2) is 7.08. The molecule has 0 spiro atoms. The van der Waals surface area contributed by atoms with E-state index in [0.717, 1.165) is 24.4 Å². The monoisotopic (exact) mass is 365 g/mol. The first kappa shape index (κ1) is 17.6. The second-order valence-electron chi connectivity index (χ2n) is 7.14. The molecule has 1 N–H and O–H groups in total. The number of aryl methyl sites for hydroxylation is 1. The maximum atomic E-state index is 13.2. The van der Waals surface area contributed by atoms with Crippen LogP contribution in [0.4, 0.5) is 0 Å². The van der Waals surface area contributed by atoms with Gasteiger partial charge in [0, 0.05) is 18.4 Å². The molecule has 0 unspecified atom stereocenters. The molecule has 140 valence electrons. The van der Waals surface area contributed by atoms with Crippen LogP contribution in [-0.4, -0.2) is 20.2 Å². The summed E-state index contributed by atoms with van der Waals surface area (Å²) in [4.78, 5) is 14.6. The molecule has 0 bridgehead atoms. The van der Waals surface area contributed by atoms with Crippen LogP contribution in [0.1, 0.15) is 24.2 Å². The SMILES string of the molecule is COc1ccc(-c2c(C)oc3c(C[NH+]4CCCC4)c([O-])ccc3c2=O)cc1. The Morgan fingerprint density at radius 2 is 1.81 bits per heavy atom. The van der Waals surface area contributed by atoms with Crippen molar-refractivity contribution in [1.29, 1.82) is 0 Å². The molecule has 1 aliphatic heterocycles. The Labute approximate surface area is 157 Å². The zero-order valence-electron chi connectivity index (χ0n) is 15.6. The van der Waals surface area contributed by atoms with Crippen molar-refractivity contribution in [1.82, 2.24) is 0 Å². The van der Waals surface area contributed by atoms with E-state index in [9.17, 15) is 9.90 Å². The van der Waals surface area contributed by atoms with Crippen molar-refractivity contribution in [2.45, 2.75) is 26.3 Å². The van der Waals surface area contributed by atoms with Gasteiger partial charge in [-0.05, 0) is 30.7 Å². The van der Waals surface area contributed by atoms with Crippen molar-refractivity contribution in [3.05, 3.63) is 57.9 Å². The highest BCUT2D eigenvalue weighted by molar-refractivity contribution is 5.86. The van der Waals surface area contributed by atoms with Crippen LogP contribution < -0.4 is 20.2 Å². The number of nitrogens with one attached hydrogen (secondary N) is 1. The molecular formula is C22H23NO4. The van der Waals surface area contributed by atoms with E-state index in [1.807, 2.05) is 24.3 Å². The Hall–Kier alpha value is -2.79. The molecule has 1 aliphatic rings. The van der Waals surface area contributed by atoms with Crippen molar-refractivity contribution in [3.63, 3.8) is 0 Å². The number of hydrogen-bond donors (Lipinski definition) is 1. The summed E-state index contributed by atoms with van der Waals surface area (Å²) in [5.41, 5.74) is 2.27. The third-order valence-corrected chi connectivity index (χ3v) is 5.41. The van der Waals surface area contributed by atoms with Crippen LogP contribution in [0.2, 0.25) is 0 Å². The van der Waals surface area contributed by atoms with Gasteiger partial charge < -0.3 is 19.2 Å². The Kier molecular flexibility index (Phi) is 4.62. The summed E-state index contributed by atoms with van der Waals surface area (Å²) in [6.45, 7) is 4.51. The Bertz CT molecular complexity index is 1030. The Morgan fingerprint density at radius 3 is 2.48 bits per heavy atom. The lowest BCUT2D eigenvalue weighted by Gasteiger charge is -2.19. The zero-order chi connectivity index (χ0) is 19.0. The number of likely N-dealkylation sites (tertiary alicyclic amines) is 1. The van der Waals surface area contributed by atoms with Gasteiger partial charge >= 0.3 is 0 Å². The summed E-state index contributed by atoms with van der Waals surface area (Å²) in [6, 6.07) is 10.4. The van der Waals surface area contributed by atoms with Crippen LogP contribution in [0.5, 0.6) is 11.5 Å². The summed E-state index contributed by atoms with van der Waals surface area (Å²) in [7, 11) is 1.61. The number of methoxy groups -OCH3 is 1. The minimum Gasteiger partial charge on any atom is -0.872 e. The van der Waals surface area contributed by atoms with Gasteiger partial charge in [0.15, 0.2) is 0 Å². The summed E-state index contributed by atoms with van der Waals surface area (Å²) in [5, 5.41) is 13.0. The third kappa shape index (κ3) is 3.19. The van der Waals surface area contributed by atoms with Crippen molar-refractivity contribution < 1.29 is 19.2 Å². The first-order valence-electron chi connectivity index (χ1n) is 9.33. The number of hydrogen-bond acceptors (Lipinski definition) is 4. The number of benzene rings is 2. The standard InChI is InChI=1S/C22H23NO4/c1-14-20(15-5-7-16(26-2)8-6-15)21(25)17-9-10-19(24)18(22(17)27-14)13-23-11-3-4-12-23/h5-10,24H,3-4,11-13H2,1-2H3. The average molecular weight is 365 g/mol. The van der Waals surface area contributed by atoms with Gasteiger partial charge in [-0.15, -0.1) is 0 Å². The highest BCUT2D eigenvalue weighted by Gasteiger charge is 2.21. The van der Waals surface area contributed by atoms with Crippen molar-refractivity contribution in [3.8, 4) is 22.6 Å². The van der Waals surface area contributed by atoms with E-state index >= 15 is 0 Å². The fourth-order valence-electron chi connectivity index (χ4n) is 3.97. The normalized spacial score (nSPS) is 14.7. The fraction of sp³-hybridized carbons (Fsp3) is 0.318. The molecule has 0 aliphatic carbocycles. The minimum absolute atomic E-state index is 0.0540. The van der Waals surface area contributed by atoms with E-state index in [2.05, 4.69) is 0 Å². The van der Waals surface area contributed by atoms with E-state index in [0.29, 0.717) is 34.4 Å². The first-order chi connectivity index (χ1) is 13.1. The summed E-state index contributed by atoms with van der Waals surface area (Å²) < 4.78 is 11.3. The first-order valence-corrected chi connectivity index (χ1v) is 9.33. The molecule has 0 amide bonds. The summed E-state index contributed by atoms with van der Waals surface area (Å²) >= 11 is 0. The lowest BCUT2D eigenvalue weighted by molar-refractivity contribution is -0.901. The maximum absolute atomic E-state index is 13.2. The van der Waals surface area contributed by atoms with Crippen molar-refractivity contribution >= 4 is 11.0 Å². The van der Waals surface area contributed by atoms with Gasteiger partial charge in [0.05, 0.1) is 31.1 Å². The topological polar surface area (TPSA) is 66.9 Å². The van der Waals surface area contributed by atoms with E-state index in [1.165, 1.54) is 23.8 Å². The highest BCUT2D eigenvalue weighted by atomic mass is 16.5. The lowest BCUT2D eigenvalue weighted by atomic mass is 10.0. The fourth-order valence-corrected chi connectivity index (χ4v) is 3.97. The van der Waals surface area contributed by atoms with Gasteiger partial charge in [0.2, 0.25) is 5.43 Å². The van der Waals surface area contributed by atoms with Crippen LogP contribution in [0.15, 0.2) is 45.6 Å². The van der Waals surface area contributed by atoms with Gasteiger partial charge in [-0.25, -0.2) is 0 Å². The molecule has 5 heteroatoms. The molecule has 0 saturated carbocycles. The molecule has 5 nitrogen and oxygen atoms in total. The van der Waals surface area contributed by atoms with Gasteiger partial charge in [-0.3, -0.25) is 4.79 Å². The minimum atomic E-state index is -0.100. The Balaban J connectivity index is 1.86. The largest absolute Gasteiger partial charge is 0.872 e. The highest BCUT2D eigenvalue weighted by Crippen LogP contribution is 2.29. The zero-order valence-corrected chi connectivity index (χ0v) is 15.6. The van der Waals surface area contributed by atoms with Crippen LogP contribution >= 0.6 is 0 Å². The third-order valence-electron chi connectivity index (χ3n) is 5.41. The van der Waals surface area contributed by atoms with E-state index in [-0.39, 0.29) is 11.2 Å². The molecule has 1 fully saturated rings. The van der Waals surface area contributed by atoms with Crippen LogP contribution in [0.25, 0.3) is 22.1 Å². The van der Waals surface area contributed by atoms with E-state index < -0.39 is 0 Å². The molecule has 4 rings (SSSR count). The molecule has 2 aromatic carbocycles. The molecule has 27 heavy (non-hydrogen) atoms. The smallest absolute Gasteiger partial charge is 0.200 e. The van der Waals surface area contributed by atoms with Crippen LogP contribution in [0, 0.1) is 6.92 Å². The second-order valence-corrected chi connectivity index (χ2v) is 7.14. The van der Waals surface area contributed by atoms with E-state index in [1.54, 1.807) is 20.1 Å². The molecule has 0 atom stereocenters. The molecule has 3 aromatic rings. The molecule has 2 heterocycles. The summed E-state index contributed by atoms with van der Waals surface area (Å²) in [5.74, 6) is 1.20. The van der Waals surface area contributed by atoms with E-state index in [4.69, 9.17) is 9.15 Å². The van der Waals surface area contributed by atoms with Gasteiger partial charge in [-0.1, -0.05) is 23.9 Å². The quantitative estimate of drug-likeness (QED) is 0.768. The maximum Gasteiger partial charge on any atom is 0.200 e. The summed E-state index contributed by atoms with van der Waals surface area (Å²) in [6.07, 6.45) is 2.36. The number of fused-ring (bicyclic) bond motifs is 1. The van der Waals surface area contributed by atoms with Crippen molar-refractivity contribution in [2.75, 3.05) is 20.2 Å².